The molecule has 0 saturated heterocycles. The first-order chi connectivity index (χ1) is 13.9. The molecule has 0 amide bonds. The molecule has 0 unspecified atom stereocenters. The smallest absolute Gasteiger partial charge is 0.127 e. The molecular formula is C27H40O. The third kappa shape index (κ3) is 10.5. The number of hydrogen-bond acceptors (Lipinski definition) is 1. The van der Waals surface area contributed by atoms with Crippen LogP contribution in [0.15, 0.2) is 54.6 Å². The van der Waals surface area contributed by atoms with Crippen molar-refractivity contribution < 1.29 is 4.74 Å². The van der Waals surface area contributed by atoms with Gasteiger partial charge in [-0.2, -0.15) is 0 Å². The molecule has 0 aliphatic rings. The second-order valence-corrected chi connectivity index (χ2v) is 8.06. The Morgan fingerprint density at radius 1 is 0.536 bits per heavy atom. The maximum Gasteiger partial charge on any atom is 0.127 e. The van der Waals surface area contributed by atoms with Gasteiger partial charge >= 0.3 is 0 Å². The second kappa shape index (κ2) is 15.2. The summed E-state index contributed by atoms with van der Waals surface area (Å²) in [6.45, 7) is 2.29. The van der Waals surface area contributed by atoms with Crippen LogP contribution in [-0.4, -0.2) is 0 Å². The van der Waals surface area contributed by atoms with Crippen LogP contribution in [-0.2, 0) is 6.42 Å². The molecule has 2 aromatic carbocycles. The van der Waals surface area contributed by atoms with Gasteiger partial charge in [0, 0.05) is 0 Å². The van der Waals surface area contributed by atoms with Crippen LogP contribution < -0.4 is 4.74 Å². The van der Waals surface area contributed by atoms with Crippen molar-refractivity contribution in [2.45, 2.75) is 96.8 Å². The summed E-state index contributed by atoms with van der Waals surface area (Å²) in [4.78, 5) is 0. The normalized spacial score (nSPS) is 10.9. The first-order valence-corrected chi connectivity index (χ1v) is 11.7. The van der Waals surface area contributed by atoms with Crippen LogP contribution in [0.1, 0.15) is 96.0 Å². The number of unbranched alkanes of at least 4 members (excludes halogenated alkanes) is 12. The lowest BCUT2D eigenvalue weighted by molar-refractivity contribution is 0.481. The molecule has 0 heterocycles. The van der Waals surface area contributed by atoms with Gasteiger partial charge in [-0.1, -0.05) is 114 Å². The van der Waals surface area contributed by atoms with Gasteiger partial charge in [0.1, 0.15) is 11.5 Å². The van der Waals surface area contributed by atoms with E-state index in [1.54, 1.807) is 0 Å². The maximum absolute atomic E-state index is 5.94. The Morgan fingerprint density at radius 2 is 1.07 bits per heavy atom. The molecule has 0 aliphatic carbocycles. The van der Waals surface area contributed by atoms with Gasteiger partial charge in [0.2, 0.25) is 0 Å². The van der Waals surface area contributed by atoms with Crippen molar-refractivity contribution in [2.24, 2.45) is 0 Å². The zero-order chi connectivity index (χ0) is 19.7. The molecule has 0 fully saturated rings. The summed E-state index contributed by atoms with van der Waals surface area (Å²) < 4.78 is 5.94. The standard InChI is InChI=1S/C27H40O/c1-2-3-4-5-6-7-8-9-10-11-12-13-15-19-25-20-18-23-27(24-25)28-26-21-16-14-17-22-26/h14,16-18,20-24H,2-13,15,19H2,1H3. The fourth-order valence-electron chi connectivity index (χ4n) is 3.74. The van der Waals surface area contributed by atoms with E-state index in [0.717, 1.165) is 17.9 Å². The molecule has 2 aromatic rings. The van der Waals surface area contributed by atoms with Crippen molar-refractivity contribution in [1.29, 1.82) is 0 Å². The fourth-order valence-corrected chi connectivity index (χ4v) is 3.74. The first kappa shape index (κ1) is 22.5. The second-order valence-electron chi connectivity index (χ2n) is 8.06. The molecule has 0 N–H and O–H groups in total. The maximum atomic E-state index is 5.94. The number of rotatable bonds is 16. The number of ether oxygens (including phenoxy) is 1. The lowest BCUT2D eigenvalue weighted by Gasteiger charge is -2.08. The minimum atomic E-state index is 0.903. The average molecular weight is 381 g/mol. The Labute approximate surface area is 173 Å². The highest BCUT2D eigenvalue weighted by Gasteiger charge is 2.00. The van der Waals surface area contributed by atoms with Gasteiger partial charge in [0.25, 0.3) is 0 Å². The van der Waals surface area contributed by atoms with Crippen molar-refractivity contribution in [2.75, 3.05) is 0 Å². The first-order valence-electron chi connectivity index (χ1n) is 11.7. The van der Waals surface area contributed by atoms with E-state index in [2.05, 4.69) is 25.1 Å². The Kier molecular flexibility index (Phi) is 12.2. The summed E-state index contributed by atoms with van der Waals surface area (Å²) in [5.41, 5.74) is 1.39. The van der Waals surface area contributed by atoms with Gasteiger partial charge in [-0.05, 0) is 42.7 Å². The van der Waals surface area contributed by atoms with Gasteiger partial charge in [-0.3, -0.25) is 0 Å². The van der Waals surface area contributed by atoms with E-state index in [9.17, 15) is 0 Å². The van der Waals surface area contributed by atoms with Crippen molar-refractivity contribution in [3.63, 3.8) is 0 Å². The molecule has 1 heteroatoms. The van der Waals surface area contributed by atoms with Crippen LogP contribution >= 0.6 is 0 Å². The number of benzene rings is 2. The van der Waals surface area contributed by atoms with Crippen LogP contribution in [0.4, 0.5) is 0 Å². The Hall–Kier alpha value is -1.76. The molecule has 28 heavy (non-hydrogen) atoms. The number of aryl methyl sites for hydroxylation is 1. The molecule has 0 aliphatic heterocycles. The molecule has 0 saturated carbocycles. The van der Waals surface area contributed by atoms with Crippen LogP contribution in [0.25, 0.3) is 0 Å². The summed E-state index contributed by atoms with van der Waals surface area (Å²) >= 11 is 0. The summed E-state index contributed by atoms with van der Waals surface area (Å²) in [7, 11) is 0. The Morgan fingerprint density at radius 3 is 1.68 bits per heavy atom. The van der Waals surface area contributed by atoms with E-state index in [1.165, 1.54) is 89.0 Å². The largest absolute Gasteiger partial charge is 0.457 e. The van der Waals surface area contributed by atoms with E-state index in [0.29, 0.717) is 0 Å². The third-order valence-electron chi connectivity index (χ3n) is 5.45. The van der Waals surface area contributed by atoms with E-state index in [1.807, 2.05) is 36.4 Å². The van der Waals surface area contributed by atoms with Gasteiger partial charge in [-0.25, -0.2) is 0 Å². The highest BCUT2D eigenvalue weighted by atomic mass is 16.5. The van der Waals surface area contributed by atoms with Gasteiger partial charge in [0.15, 0.2) is 0 Å². The molecule has 0 atom stereocenters. The Balaban J connectivity index is 1.47. The average Bonchev–Trinajstić information content (AvgIpc) is 2.72. The number of hydrogen-bond donors (Lipinski definition) is 0. The molecule has 1 nitrogen and oxygen atoms in total. The molecule has 0 radical (unpaired) electrons. The summed E-state index contributed by atoms with van der Waals surface area (Å²) in [6.07, 6.45) is 19.5. The lowest BCUT2D eigenvalue weighted by atomic mass is 10.0. The van der Waals surface area contributed by atoms with Gasteiger partial charge in [-0.15, -0.1) is 0 Å². The number of para-hydroxylation sites is 1. The molecule has 2 rings (SSSR count). The van der Waals surface area contributed by atoms with Crippen LogP contribution in [0.3, 0.4) is 0 Å². The van der Waals surface area contributed by atoms with Crippen molar-refractivity contribution >= 4 is 0 Å². The zero-order valence-electron chi connectivity index (χ0n) is 18.0. The highest BCUT2D eigenvalue weighted by Crippen LogP contribution is 2.22. The lowest BCUT2D eigenvalue weighted by Crippen LogP contribution is -1.89. The minimum absolute atomic E-state index is 0.903. The summed E-state index contributed by atoms with van der Waals surface area (Å²) in [6, 6.07) is 18.6. The summed E-state index contributed by atoms with van der Waals surface area (Å²) in [5, 5.41) is 0. The van der Waals surface area contributed by atoms with Crippen LogP contribution in [0, 0.1) is 0 Å². The quantitative estimate of drug-likeness (QED) is 0.264. The third-order valence-corrected chi connectivity index (χ3v) is 5.45. The molecule has 0 aromatic heterocycles. The zero-order valence-corrected chi connectivity index (χ0v) is 18.0. The molecular weight excluding hydrogens is 340 g/mol. The van der Waals surface area contributed by atoms with Crippen LogP contribution in [0.2, 0.25) is 0 Å². The van der Waals surface area contributed by atoms with E-state index >= 15 is 0 Å². The van der Waals surface area contributed by atoms with E-state index in [-0.39, 0.29) is 0 Å². The van der Waals surface area contributed by atoms with E-state index in [4.69, 9.17) is 4.74 Å². The monoisotopic (exact) mass is 380 g/mol. The van der Waals surface area contributed by atoms with Crippen molar-refractivity contribution in [3.05, 3.63) is 60.2 Å². The topological polar surface area (TPSA) is 9.23 Å². The molecule has 0 bridgehead atoms. The van der Waals surface area contributed by atoms with Crippen LogP contribution in [0.5, 0.6) is 11.5 Å². The summed E-state index contributed by atoms with van der Waals surface area (Å²) in [5.74, 6) is 1.85. The SMILES string of the molecule is CCCCCCCCCCCCCCCc1cccc(Oc2ccccc2)c1. The molecule has 0 spiro atoms. The van der Waals surface area contributed by atoms with E-state index < -0.39 is 0 Å². The Bertz CT molecular complexity index is 605. The highest BCUT2D eigenvalue weighted by molar-refractivity contribution is 5.33. The minimum Gasteiger partial charge on any atom is -0.457 e. The van der Waals surface area contributed by atoms with Gasteiger partial charge in [0.05, 0.1) is 0 Å². The fraction of sp³-hybridized carbons (Fsp3) is 0.556. The predicted octanol–water partition coefficient (Wildman–Crippen LogP) is 9.11. The van der Waals surface area contributed by atoms with Gasteiger partial charge < -0.3 is 4.74 Å². The van der Waals surface area contributed by atoms with Crippen molar-refractivity contribution in [1.82, 2.24) is 0 Å². The molecule has 154 valence electrons. The predicted molar refractivity (Wildman–Crippen MR) is 122 cm³/mol. The van der Waals surface area contributed by atoms with Crippen molar-refractivity contribution in [3.8, 4) is 11.5 Å².